The van der Waals surface area contributed by atoms with Gasteiger partial charge in [0.1, 0.15) is 0 Å². The summed E-state index contributed by atoms with van der Waals surface area (Å²) in [6.07, 6.45) is 3.74. The molecule has 0 aliphatic heterocycles. The first kappa shape index (κ1) is 13.1. The van der Waals surface area contributed by atoms with Gasteiger partial charge >= 0.3 is 0 Å². The zero-order valence-corrected chi connectivity index (χ0v) is 11.5. The lowest BCUT2D eigenvalue weighted by molar-refractivity contribution is 0.543. The van der Waals surface area contributed by atoms with Gasteiger partial charge in [0.2, 0.25) is 0 Å². The molecular weight excluding hydrogens is 246 g/mol. The SMILES string of the molecule is CC(C)NCCn1cncc1-c1cccc(Cl)c1. The highest BCUT2D eigenvalue weighted by Gasteiger charge is 2.05. The molecule has 1 aromatic carbocycles. The number of imidazole rings is 1. The Morgan fingerprint density at radius 2 is 2.22 bits per heavy atom. The maximum Gasteiger partial charge on any atom is 0.0951 e. The van der Waals surface area contributed by atoms with E-state index in [0.29, 0.717) is 6.04 Å². The first-order valence-corrected chi connectivity index (χ1v) is 6.54. The quantitative estimate of drug-likeness (QED) is 0.898. The smallest absolute Gasteiger partial charge is 0.0951 e. The van der Waals surface area contributed by atoms with Crippen molar-refractivity contribution in [2.45, 2.75) is 26.4 Å². The molecule has 1 aromatic heterocycles. The highest BCUT2D eigenvalue weighted by atomic mass is 35.5. The van der Waals surface area contributed by atoms with E-state index in [2.05, 4.69) is 34.8 Å². The van der Waals surface area contributed by atoms with Crippen LogP contribution in [0.4, 0.5) is 0 Å². The van der Waals surface area contributed by atoms with Gasteiger partial charge in [-0.25, -0.2) is 4.98 Å². The van der Waals surface area contributed by atoms with Crippen molar-refractivity contribution in [2.75, 3.05) is 6.54 Å². The number of nitrogens with one attached hydrogen (secondary N) is 1. The number of rotatable bonds is 5. The van der Waals surface area contributed by atoms with Crippen molar-refractivity contribution in [3.05, 3.63) is 41.8 Å². The monoisotopic (exact) mass is 263 g/mol. The summed E-state index contributed by atoms with van der Waals surface area (Å²) in [5.74, 6) is 0. The molecule has 2 aromatic rings. The summed E-state index contributed by atoms with van der Waals surface area (Å²) in [6, 6.07) is 8.36. The standard InChI is InChI=1S/C14H18ClN3/c1-11(2)17-6-7-18-10-16-9-14(18)12-4-3-5-13(15)8-12/h3-5,8-11,17H,6-7H2,1-2H3. The molecule has 0 unspecified atom stereocenters. The zero-order chi connectivity index (χ0) is 13.0. The number of aromatic nitrogens is 2. The predicted octanol–water partition coefficient (Wildman–Crippen LogP) is 3.20. The minimum Gasteiger partial charge on any atom is -0.329 e. The van der Waals surface area contributed by atoms with Gasteiger partial charge in [-0.1, -0.05) is 37.6 Å². The topological polar surface area (TPSA) is 29.9 Å². The molecule has 0 fully saturated rings. The van der Waals surface area contributed by atoms with Crippen molar-refractivity contribution in [1.29, 1.82) is 0 Å². The van der Waals surface area contributed by atoms with E-state index < -0.39 is 0 Å². The first-order valence-electron chi connectivity index (χ1n) is 6.16. The zero-order valence-electron chi connectivity index (χ0n) is 10.7. The number of hydrogen-bond donors (Lipinski definition) is 1. The van der Waals surface area contributed by atoms with Gasteiger partial charge in [-0.05, 0) is 12.1 Å². The highest BCUT2D eigenvalue weighted by Crippen LogP contribution is 2.22. The van der Waals surface area contributed by atoms with Gasteiger partial charge in [-0.2, -0.15) is 0 Å². The van der Waals surface area contributed by atoms with E-state index in [9.17, 15) is 0 Å². The van der Waals surface area contributed by atoms with Crippen LogP contribution in [0.25, 0.3) is 11.3 Å². The Hall–Kier alpha value is -1.32. The summed E-state index contributed by atoms with van der Waals surface area (Å²) in [4.78, 5) is 4.22. The third-order valence-electron chi connectivity index (χ3n) is 2.74. The van der Waals surface area contributed by atoms with Crippen LogP contribution < -0.4 is 5.32 Å². The summed E-state index contributed by atoms with van der Waals surface area (Å²) in [6.45, 7) is 6.12. The third kappa shape index (κ3) is 3.34. The fraction of sp³-hybridized carbons (Fsp3) is 0.357. The number of halogens is 1. The van der Waals surface area contributed by atoms with E-state index >= 15 is 0 Å². The van der Waals surface area contributed by atoms with Crippen molar-refractivity contribution < 1.29 is 0 Å². The molecule has 0 atom stereocenters. The largest absolute Gasteiger partial charge is 0.329 e. The first-order chi connectivity index (χ1) is 8.66. The average molecular weight is 264 g/mol. The van der Waals surface area contributed by atoms with Gasteiger partial charge in [-0.3, -0.25) is 0 Å². The van der Waals surface area contributed by atoms with Crippen LogP contribution in [0.3, 0.4) is 0 Å². The Bertz CT molecular complexity index is 505. The number of nitrogens with zero attached hydrogens (tertiary/aromatic N) is 2. The van der Waals surface area contributed by atoms with Crippen LogP contribution >= 0.6 is 11.6 Å². The summed E-state index contributed by atoms with van der Waals surface area (Å²) in [5.41, 5.74) is 2.20. The Balaban J connectivity index is 2.12. The van der Waals surface area contributed by atoms with Crippen molar-refractivity contribution in [3.63, 3.8) is 0 Å². The molecule has 0 amide bonds. The van der Waals surface area contributed by atoms with E-state index in [1.54, 1.807) is 0 Å². The lowest BCUT2D eigenvalue weighted by Gasteiger charge is -2.11. The fourth-order valence-corrected chi connectivity index (χ4v) is 2.05. The molecule has 0 radical (unpaired) electrons. The molecule has 3 nitrogen and oxygen atoms in total. The maximum atomic E-state index is 6.02. The molecule has 0 aliphatic rings. The van der Waals surface area contributed by atoms with Crippen LogP contribution in [0.2, 0.25) is 5.02 Å². The van der Waals surface area contributed by atoms with E-state index in [1.807, 2.05) is 30.7 Å². The van der Waals surface area contributed by atoms with Crippen LogP contribution in [0, 0.1) is 0 Å². The minimum atomic E-state index is 0.503. The van der Waals surface area contributed by atoms with Crippen LogP contribution in [0.5, 0.6) is 0 Å². The van der Waals surface area contributed by atoms with Crippen molar-refractivity contribution in [1.82, 2.24) is 14.9 Å². The molecule has 96 valence electrons. The third-order valence-corrected chi connectivity index (χ3v) is 2.97. The summed E-state index contributed by atoms with van der Waals surface area (Å²) in [7, 11) is 0. The lowest BCUT2D eigenvalue weighted by atomic mass is 10.2. The predicted molar refractivity (Wildman–Crippen MR) is 75.8 cm³/mol. The molecule has 4 heteroatoms. The fourth-order valence-electron chi connectivity index (χ4n) is 1.86. The van der Waals surface area contributed by atoms with Crippen molar-refractivity contribution >= 4 is 11.6 Å². The van der Waals surface area contributed by atoms with Crippen LogP contribution in [-0.4, -0.2) is 22.1 Å². The Morgan fingerprint density at radius 1 is 1.39 bits per heavy atom. The van der Waals surface area contributed by atoms with Gasteiger partial charge < -0.3 is 9.88 Å². The van der Waals surface area contributed by atoms with E-state index in [0.717, 1.165) is 29.4 Å². The molecule has 0 spiro atoms. The van der Waals surface area contributed by atoms with Crippen molar-refractivity contribution in [2.24, 2.45) is 0 Å². The molecule has 18 heavy (non-hydrogen) atoms. The second-order valence-corrected chi connectivity index (χ2v) is 5.03. The van der Waals surface area contributed by atoms with Gasteiger partial charge in [0, 0.05) is 29.7 Å². The van der Waals surface area contributed by atoms with Gasteiger partial charge in [-0.15, -0.1) is 0 Å². The maximum absolute atomic E-state index is 6.02. The summed E-state index contributed by atoms with van der Waals surface area (Å²) in [5, 5.41) is 4.15. The Morgan fingerprint density at radius 3 is 2.94 bits per heavy atom. The van der Waals surface area contributed by atoms with Gasteiger partial charge in [0.05, 0.1) is 18.2 Å². The molecule has 0 saturated carbocycles. The van der Waals surface area contributed by atoms with Gasteiger partial charge in [0.25, 0.3) is 0 Å². The molecule has 0 bridgehead atoms. The van der Waals surface area contributed by atoms with Gasteiger partial charge in [0.15, 0.2) is 0 Å². The number of benzene rings is 1. The minimum absolute atomic E-state index is 0.503. The molecule has 2 rings (SSSR count). The highest BCUT2D eigenvalue weighted by molar-refractivity contribution is 6.30. The van der Waals surface area contributed by atoms with Crippen LogP contribution in [0.15, 0.2) is 36.8 Å². The molecular formula is C14H18ClN3. The molecule has 0 saturated heterocycles. The molecule has 1 heterocycles. The lowest BCUT2D eigenvalue weighted by Crippen LogP contribution is -2.26. The summed E-state index contributed by atoms with van der Waals surface area (Å²) < 4.78 is 2.14. The summed E-state index contributed by atoms with van der Waals surface area (Å²) >= 11 is 6.02. The molecule has 1 N–H and O–H groups in total. The van der Waals surface area contributed by atoms with E-state index in [1.165, 1.54) is 0 Å². The van der Waals surface area contributed by atoms with Crippen LogP contribution in [-0.2, 0) is 6.54 Å². The normalized spacial score (nSPS) is 11.1. The molecule has 0 aliphatic carbocycles. The number of hydrogen-bond acceptors (Lipinski definition) is 2. The average Bonchev–Trinajstić information content (AvgIpc) is 2.77. The second-order valence-electron chi connectivity index (χ2n) is 4.59. The Labute approximate surface area is 113 Å². The Kier molecular flexibility index (Phi) is 4.39. The second kappa shape index (κ2) is 6.03. The van der Waals surface area contributed by atoms with Crippen molar-refractivity contribution in [3.8, 4) is 11.3 Å². The van der Waals surface area contributed by atoms with E-state index in [-0.39, 0.29) is 0 Å². The van der Waals surface area contributed by atoms with E-state index in [4.69, 9.17) is 11.6 Å². The van der Waals surface area contributed by atoms with Crippen LogP contribution in [0.1, 0.15) is 13.8 Å².